The molecule has 0 aliphatic carbocycles. The molecule has 0 radical (unpaired) electrons. The van der Waals surface area contributed by atoms with Crippen molar-refractivity contribution in [3.05, 3.63) is 46.6 Å². The van der Waals surface area contributed by atoms with Gasteiger partial charge in [-0.2, -0.15) is 0 Å². The average Bonchev–Trinajstić information content (AvgIpc) is 2.82. The van der Waals surface area contributed by atoms with E-state index in [1.54, 1.807) is 36.0 Å². The average molecular weight is 302 g/mol. The van der Waals surface area contributed by atoms with E-state index in [0.29, 0.717) is 22.3 Å². The van der Waals surface area contributed by atoms with Crippen LogP contribution in [0.1, 0.15) is 18.2 Å². The third kappa shape index (κ3) is 2.97. The summed E-state index contributed by atoms with van der Waals surface area (Å²) in [6, 6.07) is 4.81. The van der Waals surface area contributed by atoms with E-state index in [1.807, 2.05) is 0 Å². The Bertz CT molecular complexity index is 729. The zero-order valence-electron chi connectivity index (χ0n) is 11.4. The van der Waals surface area contributed by atoms with Crippen LogP contribution < -0.4 is 10.9 Å². The molecule has 0 saturated heterocycles. The minimum absolute atomic E-state index is 0.0933. The van der Waals surface area contributed by atoms with Gasteiger partial charge >= 0.3 is 0 Å². The Balaban J connectivity index is 1.74. The maximum Gasteiger partial charge on any atom is 0.254 e. The number of amides is 1. The highest BCUT2D eigenvalue weighted by Gasteiger charge is 2.27. The van der Waals surface area contributed by atoms with Crippen LogP contribution in [0, 0.1) is 6.92 Å². The van der Waals surface area contributed by atoms with Crippen molar-refractivity contribution in [1.82, 2.24) is 14.5 Å². The van der Waals surface area contributed by atoms with Gasteiger partial charge in [-0.1, -0.05) is 11.8 Å². The first-order chi connectivity index (χ1) is 10.1. The number of aromatic nitrogens is 3. The van der Waals surface area contributed by atoms with Crippen LogP contribution in [-0.4, -0.2) is 26.2 Å². The predicted molar refractivity (Wildman–Crippen MR) is 80.5 cm³/mol. The summed E-state index contributed by atoms with van der Waals surface area (Å²) in [5.74, 6) is 0.572. The van der Waals surface area contributed by atoms with Gasteiger partial charge in [0.2, 0.25) is 5.91 Å². The number of hydrogen-bond donors (Lipinski definition) is 1. The number of hydrogen-bond acceptors (Lipinski definition) is 5. The van der Waals surface area contributed by atoms with Gasteiger partial charge in [0.15, 0.2) is 5.16 Å². The van der Waals surface area contributed by atoms with Crippen LogP contribution >= 0.6 is 11.8 Å². The van der Waals surface area contributed by atoms with Gasteiger partial charge in [0.25, 0.3) is 5.56 Å². The zero-order chi connectivity index (χ0) is 14.8. The van der Waals surface area contributed by atoms with E-state index in [4.69, 9.17) is 0 Å². The van der Waals surface area contributed by atoms with Gasteiger partial charge in [0.05, 0.1) is 6.04 Å². The Hall–Kier alpha value is -2.15. The van der Waals surface area contributed by atoms with E-state index >= 15 is 0 Å². The molecule has 0 spiro atoms. The zero-order valence-corrected chi connectivity index (χ0v) is 12.3. The summed E-state index contributed by atoms with van der Waals surface area (Å²) in [6.45, 7) is 1.80. The van der Waals surface area contributed by atoms with Crippen molar-refractivity contribution >= 4 is 23.4 Å². The van der Waals surface area contributed by atoms with E-state index in [-0.39, 0.29) is 23.9 Å². The third-order valence-electron chi connectivity index (χ3n) is 3.20. The van der Waals surface area contributed by atoms with Crippen LogP contribution in [0.3, 0.4) is 0 Å². The van der Waals surface area contributed by atoms with Crippen LogP contribution in [-0.2, 0) is 4.79 Å². The normalized spacial score (nSPS) is 16.5. The lowest BCUT2D eigenvalue weighted by Gasteiger charge is -2.13. The number of rotatable bonds is 3. The molecule has 0 unspecified atom stereocenters. The Morgan fingerprint density at radius 3 is 3.00 bits per heavy atom. The van der Waals surface area contributed by atoms with Gasteiger partial charge < -0.3 is 5.32 Å². The SMILES string of the molecule is Cc1cc(=O)n2c(n1)SC[C@H]2CC(=O)Nc1ccncc1. The molecule has 0 saturated carbocycles. The largest absolute Gasteiger partial charge is 0.326 e. The topological polar surface area (TPSA) is 76.9 Å². The lowest BCUT2D eigenvalue weighted by atomic mass is 10.2. The number of pyridine rings is 1. The number of carbonyl (C=O) groups is 1. The van der Waals surface area contributed by atoms with Gasteiger partial charge in [-0.05, 0) is 19.1 Å². The molecule has 21 heavy (non-hydrogen) atoms. The molecule has 3 heterocycles. The molecule has 1 aliphatic heterocycles. The summed E-state index contributed by atoms with van der Waals surface area (Å²) in [5.41, 5.74) is 1.32. The first-order valence-electron chi connectivity index (χ1n) is 6.56. The first-order valence-corrected chi connectivity index (χ1v) is 7.55. The number of thioether (sulfide) groups is 1. The smallest absolute Gasteiger partial charge is 0.254 e. The molecular weight excluding hydrogens is 288 g/mol. The number of anilines is 1. The van der Waals surface area contributed by atoms with Crippen molar-refractivity contribution in [3.63, 3.8) is 0 Å². The highest BCUT2D eigenvalue weighted by molar-refractivity contribution is 7.99. The molecule has 6 nitrogen and oxygen atoms in total. The van der Waals surface area contributed by atoms with Crippen LogP contribution in [0.15, 0.2) is 40.5 Å². The Morgan fingerprint density at radius 1 is 1.48 bits per heavy atom. The molecule has 1 aliphatic rings. The predicted octanol–water partition coefficient (Wildman–Crippen LogP) is 1.62. The lowest BCUT2D eigenvalue weighted by molar-refractivity contribution is -0.116. The van der Waals surface area contributed by atoms with Crippen LogP contribution in [0.25, 0.3) is 0 Å². The van der Waals surface area contributed by atoms with E-state index in [9.17, 15) is 9.59 Å². The quantitative estimate of drug-likeness (QED) is 0.872. The number of nitrogens with one attached hydrogen (secondary N) is 1. The van der Waals surface area contributed by atoms with Crippen LogP contribution in [0.2, 0.25) is 0 Å². The van der Waals surface area contributed by atoms with Crippen LogP contribution in [0.5, 0.6) is 0 Å². The number of fused-ring (bicyclic) bond motifs is 1. The van der Waals surface area contributed by atoms with Gasteiger partial charge in [-0.3, -0.25) is 19.1 Å². The Kier molecular flexibility index (Phi) is 3.74. The van der Waals surface area contributed by atoms with E-state index in [0.717, 1.165) is 0 Å². The molecule has 1 amide bonds. The van der Waals surface area contributed by atoms with Gasteiger partial charge in [-0.25, -0.2) is 4.98 Å². The highest BCUT2D eigenvalue weighted by Crippen LogP contribution is 2.32. The fraction of sp³-hybridized carbons (Fsp3) is 0.286. The fourth-order valence-corrected chi connectivity index (χ4v) is 3.47. The summed E-state index contributed by atoms with van der Waals surface area (Å²) in [4.78, 5) is 32.4. The molecule has 108 valence electrons. The Labute approximate surface area is 125 Å². The first kappa shape index (κ1) is 13.8. The van der Waals surface area contributed by atoms with Gasteiger partial charge in [-0.15, -0.1) is 0 Å². The molecule has 2 aromatic rings. The molecule has 3 rings (SSSR count). The Morgan fingerprint density at radius 2 is 2.24 bits per heavy atom. The van der Waals surface area contributed by atoms with Crippen molar-refractivity contribution in [2.75, 3.05) is 11.1 Å². The second-order valence-electron chi connectivity index (χ2n) is 4.84. The van der Waals surface area contributed by atoms with Crippen molar-refractivity contribution in [2.24, 2.45) is 0 Å². The van der Waals surface area contributed by atoms with Gasteiger partial charge in [0, 0.05) is 42.0 Å². The molecule has 0 fully saturated rings. The second-order valence-corrected chi connectivity index (χ2v) is 5.83. The molecule has 2 aromatic heterocycles. The lowest BCUT2D eigenvalue weighted by Crippen LogP contribution is -2.27. The second kappa shape index (κ2) is 5.69. The summed E-state index contributed by atoms with van der Waals surface area (Å²) in [5, 5.41) is 3.50. The van der Waals surface area contributed by atoms with E-state index in [2.05, 4.69) is 15.3 Å². The monoisotopic (exact) mass is 302 g/mol. The molecular formula is C14H14N4O2S. The van der Waals surface area contributed by atoms with Crippen molar-refractivity contribution < 1.29 is 4.79 Å². The molecule has 0 bridgehead atoms. The molecule has 1 N–H and O–H groups in total. The van der Waals surface area contributed by atoms with Crippen molar-refractivity contribution in [3.8, 4) is 0 Å². The van der Waals surface area contributed by atoms with E-state index < -0.39 is 0 Å². The van der Waals surface area contributed by atoms with Crippen molar-refractivity contribution in [1.29, 1.82) is 0 Å². The maximum atomic E-state index is 12.1. The maximum absolute atomic E-state index is 12.1. The third-order valence-corrected chi connectivity index (χ3v) is 4.30. The fourth-order valence-electron chi connectivity index (χ4n) is 2.27. The molecule has 1 atom stereocenters. The molecule has 0 aromatic carbocycles. The minimum Gasteiger partial charge on any atom is -0.326 e. The highest BCUT2D eigenvalue weighted by atomic mass is 32.2. The summed E-state index contributed by atoms with van der Waals surface area (Å²) >= 11 is 1.51. The number of aryl methyl sites for hydroxylation is 1. The van der Waals surface area contributed by atoms with Crippen LogP contribution in [0.4, 0.5) is 5.69 Å². The number of nitrogens with zero attached hydrogens (tertiary/aromatic N) is 3. The standard InChI is InChI=1S/C14H14N4O2S/c1-9-6-13(20)18-11(8-21-14(18)16-9)7-12(19)17-10-2-4-15-5-3-10/h2-6,11H,7-8H2,1H3,(H,15,17,19)/t11-/m1/s1. The van der Waals surface area contributed by atoms with Crippen molar-refractivity contribution in [2.45, 2.75) is 24.5 Å². The van der Waals surface area contributed by atoms with E-state index in [1.165, 1.54) is 17.8 Å². The van der Waals surface area contributed by atoms with Gasteiger partial charge in [0.1, 0.15) is 0 Å². The summed E-state index contributed by atoms with van der Waals surface area (Å²) in [6.07, 6.45) is 3.49. The molecule has 7 heteroatoms. The summed E-state index contributed by atoms with van der Waals surface area (Å²) in [7, 11) is 0. The minimum atomic E-state index is -0.146. The summed E-state index contributed by atoms with van der Waals surface area (Å²) < 4.78 is 1.61. The number of carbonyl (C=O) groups excluding carboxylic acids is 1.